The van der Waals surface area contributed by atoms with Gasteiger partial charge >= 0.3 is 0 Å². The maximum Gasteiger partial charge on any atom is 0.245 e. The monoisotopic (exact) mass is 366 g/mol. The van der Waals surface area contributed by atoms with Crippen LogP contribution < -0.4 is 0 Å². The Morgan fingerprint density at radius 3 is 1.86 bits per heavy atom. The van der Waals surface area contributed by atoms with Crippen molar-refractivity contribution in [1.82, 2.24) is 0 Å². The van der Waals surface area contributed by atoms with Gasteiger partial charge in [-0.05, 0) is 11.8 Å². The fourth-order valence-corrected chi connectivity index (χ4v) is 5.23. The summed E-state index contributed by atoms with van der Waals surface area (Å²) in [5.41, 5.74) is -3.62. The lowest BCUT2D eigenvalue weighted by molar-refractivity contribution is -0.216. The van der Waals surface area contributed by atoms with Gasteiger partial charge in [-0.3, -0.25) is 0 Å². The highest BCUT2D eigenvalue weighted by molar-refractivity contribution is 8.67. The molecule has 1 rings (SSSR count). The molecular formula is C9H19O9PS2. The van der Waals surface area contributed by atoms with Gasteiger partial charge in [0.1, 0.15) is 36.6 Å². The van der Waals surface area contributed by atoms with Crippen molar-refractivity contribution in [3.05, 3.63) is 0 Å². The molecule has 0 aromatic heterocycles. The molecule has 0 aliphatic heterocycles. The molecule has 1 aliphatic carbocycles. The topological polar surface area (TPSA) is 171 Å². The van der Waals surface area contributed by atoms with Crippen LogP contribution in [0.1, 0.15) is 0 Å². The zero-order chi connectivity index (χ0) is 16.4. The SMILES string of the molecule is OC[C@@H](O)CSP(O)(=S)O[C@@H]1[C@H](O)[C@H](O)[C@@H](O)[C@H](O)[C@H]1O. The Bertz CT molecular complexity index is 370. The Morgan fingerprint density at radius 2 is 1.43 bits per heavy atom. The van der Waals surface area contributed by atoms with Gasteiger partial charge in [-0.25, -0.2) is 0 Å². The smallest absolute Gasteiger partial charge is 0.245 e. The van der Waals surface area contributed by atoms with Gasteiger partial charge in [-0.1, -0.05) is 11.4 Å². The lowest BCUT2D eigenvalue weighted by Crippen LogP contribution is -2.64. The van der Waals surface area contributed by atoms with Crippen molar-refractivity contribution in [2.75, 3.05) is 12.4 Å². The summed E-state index contributed by atoms with van der Waals surface area (Å²) in [6.45, 7) is -0.541. The summed E-state index contributed by atoms with van der Waals surface area (Å²) in [6.07, 6.45) is -11.6. The molecule has 0 aromatic carbocycles. The summed E-state index contributed by atoms with van der Waals surface area (Å²) >= 11 is 5.38. The minimum atomic E-state index is -3.62. The van der Waals surface area contributed by atoms with Crippen molar-refractivity contribution in [3.63, 3.8) is 0 Å². The third kappa shape index (κ3) is 5.06. The minimum Gasteiger partial charge on any atom is -0.394 e. The second kappa shape index (κ2) is 7.95. The Labute approximate surface area is 129 Å². The molecule has 1 unspecified atom stereocenters. The van der Waals surface area contributed by atoms with Gasteiger partial charge in [0.2, 0.25) is 5.69 Å². The highest BCUT2D eigenvalue weighted by Crippen LogP contribution is 2.58. The molecule has 0 heterocycles. The van der Waals surface area contributed by atoms with Crippen LogP contribution in [0.5, 0.6) is 0 Å². The van der Waals surface area contributed by atoms with Crippen LogP contribution in [0, 0.1) is 0 Å². The maximum atomic E-state index is 9.91. The van der Waals surface area contributed by atoms with E-state index in [9.17, 15) is 35.5 Å². The molecule has 0 radical (unpaired) electrons. The summed E-state index contributed by atoms with van der Waals surface area (Å²) in [6, 6.07) is 0. The summed E-state index contributed by atoms with van der Waals surface area (Å²) in [7, 11) is 0. The molecule has 0 amide bonds. The molecule has 8 N–H and O–H groups in total. The minimum absolute atomic E-state index is 0.142. The van der Waals surface area contributed by atoms with Gasteiger partial charge in [0, 0.05) is 5.75 Å². The lowest BCUT2D eigenvalue weighted by atomic mass is 9.85. The molecule has 126 valence electrons. The van der Waals surface area contributed by atoms with Gasteiger partial charge in [-0.2, -0.15) is 0 Å². The molecule has 0 aromatic rings. The highest BCUT2D eigenvalue weighted by atomic mass is 32.9. The zero-order valence-electron chi connectivity index (χ0n) is 10.7. The average molecular weight is 366 g/mol. The van der Waals surface area contributed by atoms with Gasteiger partial charge in [-0.15, -0.1) is 0 Å². The van der Waals surface area contributed by atoms with E-state index >= 15 is 0 Å². The van der Waals surface area contributed by atoms with E-state index in [1.807, 2.05) is 0 Å². The van der Waals surface area contributed by atoms with E-state index in [0.717, 1.165) is 0 Å². The van der Waals surface area contributed by atoms with Gasteiger partial charge < -0.3 is 45.2 Å². The Kier molecular flexibility index (Phi) is 7.46. The van der Waals surface area contributed by atoms with E-state index in [1.54, 1.807) is 0 Å². The summed E-state index contributed by atoms with van der Waals surface area (Å²) in [5, 5.41) is 65.7. The standard InChI is InChI=1S/C9H19O9PS2/c10-1-3(11)2-21-19(17,20)18-9-7(15)5(13)4(12)6(14)8(9)16/h3-16H,1-2H2,(H,17,20)/t3-,4-,5-,6+,7-,8-,9-,19?/m1/s1. The van der Waals surface area contributed by atoms with Crippen LogP contribution in [-0.2, 0) is 16.3 Å². The fraction of sp³-hybridized carbons (Fsp3) is 1.00. The summed E-state index contributed by atoms with van der Waals surface area (Å²) in [5.74, 6) is -0.142. The molecule has 0 saturated heterocycles. The predicted octanol–water partition coefficient (Wildman–Crippen LogP) is -3.51. The van der Waals surface area contributed by atoms with Crippen LogP contribution in [0.2, 0.25) is 0 Å². The van der Waals surface area contributed by atoms with Crippen LogP contribution in [0.15, 0.2) is 0 Å². The Morgan fingerprint density at radius 1 is 1.00 bits per heavy atom. The molecule has 12 heteroatoms. The van der Waals surface area contributed by atoms with E-state index in [1.165, 1.54) is 0 Å². The first-order chi connectivity index (χ1) is 9.60. The summed E-state index contributed by atoms with van der Waals surface area (Å²) < 4.78 is 5.01. The van der Waals surface area contributed by atoms with Crippen molar-refractivity contribution in [3.8, 4) is 0 Å². The fourth-order valence-electron chi connectivity index (χ4n) is 1.74. The van der Waals surface area contributed by atoms with E-state index in [0.29, 0.717) is 11.4 Å². The second-order valence-electron chi connectivity index (χ2n) is 4.62. The van der Waals surface area contributed by atoms with Gasteiger partial charge in [0.05, 0.1) is 12.7 Å². The van der Waals surface area contributed by atoms with Crippen LogP contribution in [0.4, 0.5) is 0 Å². The predicted molar refractivity (Wildman–Crippen MR) is 77.0 cm³/mol. The molecule has 1 aliphatic rings. The first-order valence-corrected chi connectivity index (χ1v) is 10.2. The largest absolute Gasteiger partial charge is 0.394 e. The summed E-state index contributed by atoms with van der Waals surface area (Å²) in [4.78, 5) is 9.91. The Balaban J connectivity index is 2.72. The quantitative estimate of drug-likeness (QED) is 0.219. The van der Waals surface area contributed by atoms with Crippen LogP contribution >= 0.6 is 17.1 Å². The molecule has 9 nitrogen and oxygen atoms in total. The zero-order valence-corrected chi connectivity index (χ0v) is 13.2. The number of rotatable bonds is 6. The average Bonchev–Trinajstić information content (AvgIpc) is 2.45. The molecule has 1 saturated carbocycles. The van der Waals surface area contributed by atoms with E-state index in [4.69, 9.17) is 21.4 Å². The van der Waals surface area contributed by atoms with E-state index in [2.05, 4.69) is 0 Å². The molecule has 0 bridgehead atoms. The second-order valence-corrected chi connectivity index (χ2v) is 10.8. The van der Waals surface area contributed by atoms with Crippen molar-refractivity contribution in [1.29, 1.82) is 0 Å². The van der Waals surface area contributed by atoms with Crippen LogP contribution in [0.3, 0.4) is 0 Å². The first kappa shape index (κ1) is 19.7. The van der Waals surface area contributed by atoms with Crippen molar-refractivity contribution >= 4 is 28.9 Å². The molecule has 0 spiro atoms. The van der Waals surface area contributed by atoms with E-state index < -0.39 is 55.0 Å². The molecule has 8 atom stereocenters. The number of aliphatic hydroxyl groups is 7. The molecular weight excluding hydrogens is 347 g/mol. The number of aliphatic hydroxyl groups excluding tert-OH is 7. The molecule has 1 fully saturated rings. The molecule has 21 heavy (non-hydrogen) atoms. The van der Waals surface area contributed by atoms with Crippen molar-refractivity contribution in [2.45, 2.75) is 42.7 Å². The maximum absolute atomic E-state index is 9.91. The van der Waals surface area contributed by atoms with Crippen LogP contribution in [-0.4, -0.2) is 95.7 Å². The van der Waals surface area contributed by atoms with Crippen LogP contribution in [0.25, 0.3) is 0 Å². The Hall–Kier alpha value is 0.640. The lowest BCUT2D eigenvalue weighted by Gasteiger charge is -2.42. The highest BCUT2D eigenvalue weighted by Gasteiger charge is 2.50. The van der Waals surface area contributed by atoms with Gasteiger partial charge in [0.25, 0.3) is 0 Å². The van der Waals surface area contributed by atoms with Gasteiger partial charge in [0.15, 0.2) is 0 Å². The first-order valence-electron chi connectivity index (χ1n) is 5.95. The number of hydrogen-bond acceptors (Lipinski definition) is 10. The van der Waals surface area contributed by atoms with Crippen molar-refractivity contribution < 1.29 is 45.2 Å². The van der Waals surface area contributed by atoms with E-state index in [-0.39, 0.29) is 5.75 Å². The third-order valence-corrected chi connectivity index (χ3v) is 7.23. The van der Waals surface area contributed by atoms with Crippen molar-refractivity contribution in [2.24, 2.45) is 0 Å². The number of hydrogen-bond donors (Lipinski definition) is 8. The normalized spacial score (nSPS) is 41.5. The third-order valence-electron chi connectivity index (χ3n) is 2.97.